The molecular weight excluding hydrogens is 991 g/mol. The highest BCUT2D eigenvalue weighted by Crippen LogP contribution is 2.40. The van der Waals surface area contributed by atoms with E-state index in [1.165, 1.54) is 27.2 Å². The number of rotatable bonds is 16. The molecule has 0 spiro atoms. The summed E-state index contributed by atoms with van der Waals surface area (Å²) in [5.41, 5.74) is -0.894. The summed E-state index contributed by atoms with van der Waals surface area (Å²) < 4.78 is 68.3. The lowest BCUT2D eigenvalue weighted by Crippen LogP contribution is -2.68. The number of ether oxygens (including phenoxy) is 11. The first-order chi connectivity index (χ1) is 35.3. The second kappa shape index (κ2) is 28.3. The number of nitrogens with zero attached hydrogens (tertiary/aromatic N) is 1. The summed E-state index contributed by atoms with van der Waals surface area (Å²) in [5, 5.41) is 98.2. The zero-order valence-electron chi connectivity index (χ0n) is 45.6. The van der Waals surface area contributed by atoms with Crippen molar-refractivity contribution in [1.29, 1.82) is 0 Å². The minimum atomic E-state index is -1.86. The van der Waals surface area contributed by atoms with Gasteiger partial charge in [0.15, 0.2) is 30.9 Å². The smallest absolute Gasteiger partial charge is 0.308 e. The predicted octanol–water partition coefficient (Wildman–Crippen LogP) is -0.549. The van der Waals surface area contributed by atoms with Crippen LogP contribution in [0.1, 0.15) is 87.5 Å². The van der Waals surface area contributed by atoms with E-state index in [2.05, 4.69) is 0 Å². The molecule has 0 aliphatic carbocycles. The van der Waals surface area contributed by atoms with Crippen LogP contribution in [0.2, 0.25) is 0 Å². The first kappa shape index (κ1) is 63.6. The Balaban J connectivity index is 1.51. The number of likely N-dealkylation sites (N-methyl/N-ethyl adjacent to an activating group) is 1. The maximum absolute atomic E-state index is 14.1. The van der Waals surface area contributed by atoms with Gasteiger partial charge in [-0.3, -0.25) is 9.59 Å². The fourth-order valence-electron chi connectivity index (χ4n) is 11.1. The molecule has 0 saturated carbocycles. The Morgan fingerprint density at radius 2 is 1.40 bits per heavy atom. The second-order valence-corrected chi connectivity index (χ2v) is 21.6. The summed E-state index contributed by atoms with van der Waals surface area (Å²) in [4.78, 5) is 29.8. The maximum Gasteiger partial charge on any atom is 0.308 e. The van der Waals surface area contributed by atoms with Crippen molar-refractivity contribution in [2.75, 3.05) is 48.1 Å². The molecule has 23 heteroatoms. The molecule has 26 atom stereocenters. The van der Waals surface area contributed by atoms with E-state index >= 15 is 0 Å². The van der Waals surface area contributed by atoms with Gasteiger partial charge in [-0.2, -0.15) is 0 Å². The van der Waals surface area contributed by atoms with Crippen molar-refractivity contribution in [1.82, 2.24) is 4.90 Å². The van der Waals surface area contributed by atoms with E-state index in [4.69, 9.17) is 52.1 Å². The third kappa shape index (κ3) is 15.4. The molecule has 0 bridgehead atoms. The van der Waals surface area contributed by atoms with Crippen molar-refractivity contribution in [3.05, 3.63) is 23.8 Å². The van der Waals surface area contributed by atoms with E-state index in [0.717, 1.165) is 0 Å². The molecule has 434 valence electrons. The summed E-state index contributed by atoms with van der Waals surface area (Å²) in [5.74, 6) is -3.91. The zero-order valence-corrected chi connectivity index (χ0v) is 45.6. The molecule has 5 heterocycles. The van der Waals surface area contributed by atoms with Gasteiger partial charge in [0.05, 0.1) is 61.8 Å². The first-order valence-corrected chi connectivity index (χ1v) is 26.4. The van der Waals surface area contributed by atoms with Gasteiger partial charge in [-0.15, -0.1) is 0 Å². The number of aliphatic hydroxyl groups is 9. The Hall–Kier alpha value is -2.18. The van der Waals surface area contributed by atoms with Gasteiger partial charge in [-0.25, -0.2) is 0 Å². The summed E-state index contributed by atoms with van der Waals surface area (Å²) in [6.45, 7) is 12.3. The van der Waals surface area contributed by atoms with Crippen LogP contribution in [0.4, 0.5) is 0 Å². The molecule has 0 aromatic heterocycles. The Morgan fingerprint density at radius 3 is 2.00 bits per heavy atom. The molecule has 0 radical (unpaired) electrons. The number of hydrogen-bond acceptors (Lipinski definition) is 23. The largest absolute Gasteiger partial charge is 0.462 e. The highest BCUT2D eigenvalue weighted by atomic mass is 16.8. The number of esters is 1. The quantitative estimate of drug-likeness (QED) is 0.0876. The van der Waals surface area contributed by atoms with Crippen molar-refractivity contribution in [2.45, 2.75) is 222 Å². The number of carbonyl (C=O) groups is 2. The van der Waals surface area contributed by atoms with Crippen LogP contribution in [0, 0.1) is 23.7 Å². The van der Waals surface area contributed by atoms with E-state index in [9.17, 15) is 55.5 Å². The van der Waals surface area contributed by atoms with Crippen molar-refractivity contribution in [2.24, 2.45) is 23.7 Å². The Labute approximate surface area is 440 Å². The van der Waals surface area contributed by atoms with Crippen LogP contribution in [0.5, 0.6) is 0 Å². The fraction of sp³-hybridized carbons (Fsp3) is 0.885. The normalized spacial score (nSPS) is 47.2. The fourth-order valence-corrected chi connectivity index (χ4v) is 11.1. The van der Waals surface area contributed by atoms with Crippen LogP contribution in [0.15, 0.2) is 23.8 Å². The summed E-state index contributed by atoms with van der Waals surface area (Å²) in [6, 6.07) is -0.911. The van der Waals surface area contributed by atoms with Gasteiger partial charge >= 0.3 is 5.97 Å². The van der Waals surface area contributed by atoms with E-state index in [1.54, 1.807) is 65.8 Å². The second-order valence-electron chi connectivity index (χ2n) is 21.6. The van der Waals surface area contributed by atoms with Crippen molar-refractivity contribution in [3.8, 4) is 0 Å². The van der Waals surface area contributed by atoms with Gasteiger partial charge < -0.3 is 103 Å². The average Bonchev–Trinajstić information content (AvgIpc) is 3.35. The average molecular weight is 1080 g/mol. The number of aliphatic hydroxyl groups excluding tert-OH is 8. The first-order valence-electron chi connectivity index (χ1n) is 26.4. The van der Waals surface area contributed by atoms with E-state index < -0.39 is 177 Å². The Morgan fingerprint density at radius 1 is 0.747 bits per heavy atom. The molecular formula is C52H89NO22. The van der Waals surface area contributed by atoms with Crippen LogP contribution in [-0.4, -0.2) is 245 Å². The lowest BCUT2D eigenvalue weighted by Gasteiger charge is -2.52. The molecule has 5 rings (SSSR count). The lowest BCUT2D eigenvalue weighted by atomic mass is 9.79. The molecule has 0 aromatic rings. The monoisotopic (exact) mass is 1080 g/mol. The number of cyclic esters (lactones) is 1. The highest BCUT2D eigenvalue weighted by Gasteiger charge is 2.55. The Kier molecular flexibility index (Phi) is 24.0. The lowest BCUT2D eigenvalue weighted by molar-refractivity contribution is -0.378. The summed E-state index contributed by atoms with van der Waals surface area (Å²) in [6.07, 6.45) is -19.2. The maximum atomic E-state index is 14.1. The number of methoxy groups -OCH3 is 2. The zero-order chi connectivity index (χ0) is 55.8. The van der Waals surface area contributed by atoms with Gasteiger partial charge in [0.2, 0.25) is 0 Å². The topological polar surface area (TPSA) is 321 Å². The molecule has 4 fully saturated rings. The van der Waals surface area contributed by atoms with Gasteiger partial charge in [0.25, 0.3) is 0 Å². The summed E-state index contributed by atoms with van der Waals surface area (Å²) in [7, 11) is 6.32. The molecule has 9 N–H and O–H groups in total. The van der Waals surface area contributed by atoms with E-state index in [-0.39, 0.29) is 38.3 Å². The van der Waals surface area contributed by atoms with Crippen LogP contribution in [-0.2, 0) is 61.7 Å². The van der Waals surface area contributed by atoms with Gasteiger partial charge in [-0.05, 0) is 80.0 Å². The molecule has 23 nitrogen and oxygen atoms in total. The minimum Gasteiger partial charge on any atom is -0.462 e. The SMILES string of the molecule is CC[C@H]1OC(=O)C[C@H](O)[C@H](C)[C@@H](O[C@@H]2O[C@H](C)[C@@H](O[C@H]3CC(C)(O)[C@@H](O)[C@H](C)O3)[C@H](N(C)C)[C@H]2O[C@@H]2O[C@H](CO)[C@@H](O)[C@H](O)[C@H]2O)[C@H](CCO)C[C@@H](C)C(=O)/C=C/C=C(\C)[C@@H]1CO[C@@H]1O[C@H](C)[C@@H](O)[C@@H](OC)[C@H]1OC. The van der Waals surface area contributed by atoms with Crippen molar-refractivity contribution in [3.63, 3.8) is 0 Å². The van der Waals surface area contributed by atoms with Gasteiger partial charge in [0, 0.05) is 45.0 Å². The molecule has 4 saturated heterocycles. The number of allylic oxidation sites excluding steroid dienone is 3. The molecule has 0 amide bonds. The van der Waals surface area contributed by atoms with Gasteiger partial charge in [0.1, 0.15) is 67.1 Å². The predicted molar refractivity (Wildman–Crippen MR) is 264 cm³/mol. The Bertz CT molecular complexity index is 1840. The number of ketones is 1. The molecule has 5 aliphatic heterocycles. The molecule has 5 aliphatic rings. The highest BCUT2D eigenvalue weighted by molar-refractivity contribution is 5.91. The number of carbonyl (C=O) groups excluding carboxylic acids is 2. The minimum absolute atomic E-state index is 0.0451. The van der Waals surface area contributed by atoms with Crippen LogP contribution in [0.25, 0.3) is 0 Å². The van der Waals surface area contributed by atoms with Crippen LogP contribution >= 0.6 is 0 Å². The molecule has 0 aromatic carbocycles. The molecule has 1 unspecified atom stereocenters. The van der Waals surface area contributed by atoms with E-state index in [1.807, 2.05) is 13.8 Å². The third-order valence-corrected chi connectivity index (χ3v) is 15.8. The van der Waals surface area contributed by atoms with Crippen molar-refractivity contribution >= 4 is 11.8 Å². The third-order valence-electron chi connectivity index (χ3n) is 15.8. The van der Waals surface area contributed by atoms with E-state index in [0.29, 0.717) is 12.0 Å². The molecule has 75 heavy (non-hydrogen) atoms. The van der Waals surface area contributed by atoms with Gasteiger partial charge in [-0.1, -0.05) is 38.5 Å². The van der Waals surface area contributed by atoms with Crippen LogP contribution < -0.4 is 0 Å². The standard InChI is InChI=1S/C52H89NO22/c1-13-34-31(23-67-50-47(66-12)46(65-11)39(59)27(5)69-50)24(2)15-14-16-32(56)25(3)19-30(17-18-54)43(26(4)33(57)20-36(58)71-34)74-51-45(75-49-42(62)41(61)40(60)35(22-55)72-49)38(53(9)10)44(28(6)70-51)73-37-21-52(8,64)48(63)29(7)68-37/h14-16,25-31,33-35,37-51,54-55,57,59-64H,13,17-23H2,1-12H3/b16-14+,24-15+/t25-,26+,27-,28-,29+,30-,31+,33+,34-,35-,37+,38+,39-,40-,41+,42-,43-,44-,45-,46-,47-,48+,49+,50-,51+,52?/m1/s1. The van der Waals surface area contributed by atoms with Crippen molar-refractivity contribution < 1.29 is 108 Å². The number of hydrogen-bond donors (Lipinski definition) is 9. The summed E-state index contributed by atoms with van der Waals surface area (Å²) >= 11 is 0. The van der Waals surface area contributed by atoms with Crippen LogP contribution in [0.3, 0.4) is 0 Å².